The first-order valence-electron chi connectivity index (χ1n) is 7.46. The Morgan fingerprint density at radius 3 is 2.60 bits per heavy atom. The van der Waals surface area contributed by atoms with Crippen LogP contribution in [-0.4, -0.2) is 42.3 Å². The minimum absolute atomic E-state index is 0.0542. The summed E-state index contributed by atoms with van der Waals surface area (Å²) in [7, 11) is 0. The van der Waals surface area contributed by atoms with E-state index in [4.69, 9.17) is 9.47 Å². The van der Waals surface area contributed by atoms with Crippen molar-refractivity contribution in [2.24, 2.45) is 17.8 Å². The molecule has 3 unspecified atom stereocenters. The topological polar surface area (TPSA) is 55.8 Å². The molecule has 0 aromatic rings. The van der Waals surface area contributed by atoms with Crippen molar-refractivity contribution in [3.8, 4) is 0 Å². The Balaban J connectivity index is 1.79. The summed E-state index contributed by atoms with van der Waals surface area (Å²) >= 11 is 0. The summed E-state index contributed by atoms with van der Waals surface area (Å²) in [5, 5.41) is 0. The summed E-state index contributed by atoms with van der Waals surface area (Å²) in [6.07, 6.45) is 1.62. The molecule has 1 saturated heterocycles. The first kappa shape index (κ1) is 15.1. The molecule has 0 N–H and O–H groups in total. The highest BCUT2D eigenvalue weighted by Gasteiger charge is 2.50. The highest BCUT2D eigenvalue weighted by molar-refractivity contribution is 5.76. The molecule has 1 aliphatic carbocycles. The molecule has 2 rings (SSSR count). The number of hydrogen-bond acceptors (Lipinski definition) is 4. The number of hydrogen-bond donors (Lipinski definition) is 0. The van der Waals surface area contributed by atoms with Gasteiger partial charge in [0, 0.05) is 13.1 Å². The van der Waals surface area contributed by atoms with Crippen LogP contribution in [-0.2, 0) is 14.3 Å². The molecule has 2 fully saturated rings. The van der Waals surface area contributed by atoms with Gasteiger partial charge in [0.2, 0.25) is 0 Å². The third-order valence-electron chi connectivity index (χ3n) is 3.91. The molecule has 20 heavy (non-hydrogen) atoms. The number of carbonyl (C=O) groups is 2. The van der Waals surface area contributed by atoms with Gasteiger partial charge in [-0.25, -0.2) is 4.79 Å². The lowest BCUT2D eigenvalue weighted by atomic mass is 10.0. The maximum absolute atomic E-state index is 12.0. The van der Waals surface area contributed by atoms with Gasteiger partial charge in [-0.3, -0.25) is 4.79 Å². The van der Waals surface area contributed by atoms with Gasteiger partial charge in [0.05, 0.1) is 12.5 Å². The Kier molecular flexibility index (Phi) is 4.25. The summed E-state index contributed by atoms with van der Waals surface area (Å²) in [6, 6.07) is 0. The molecule has 0 radical (unpaired) electrons. The number of esters is 1. The minimum Gasteiger partial charge on any atom is -0.466 e. The number of rotatable bonds is 3. The maximum Gasteiger partial charge on any atom is 0.410 e. The zero-order valence-corrected chi connectivity index (χ0v) is 12.8. The van der Waals surface area contributed by atoms with Crippen LogP contribution in [0.25, 0.3) is 0 Å². The molecular weight excluding hydrogens is 258 g/mol. The SMILES string of the molecule is CCOC(=O)C1CC1C1CCN(C(=O)OC(C)(C)C)C1. The molecule has 0 aromatic heterocycles. The Labute approximate surface area is 120 Å². The van der Waals surface area contributed by atoms with Gasteiger partial charge in [0.1, 0.15) is 5.60 Å². The molecular formula is C15H25NO4. The van der Waals surface area contributed by atoms with E-state index in [9.17, 15) is 9.59 Å². The minimum atomic E-state index is -0.456. The number of amides is 1. The third kappa shape index (κ3) is 3.64. The monoisotopic (exact) mass is 283 g/mol. The van der Waals surface area contributed by atoms with Crippen molar-refractivity contribution in [2.45, 2.75) is 46.1 Å². The normalized spacial score (nSPS) is 29.2. The van der Waals surface area contributed by atoms with Gasteiger partial charge in [0.25, 0.3) is 0 Å². The summed E-state index contributed by atoms with van der Waals surface area (Å²) in [6.45, 7) is 9.31. The molecule has 1 saturated carbocycles. The third-order valence-corrected chi connectivity index (χ3v) is 3.91. The number of nitrogens with zero attached hydrogens (tertiary/aromatic N) is 1. The first-order chi connectivity index (χ1) is 9.31. The first-order valence-corrected chi connectivity index (χ1v) is 7.46. The molecule has 5 nitrogen and oxygen atoms in total. The van der Waals surface area contributed by atoms with Gasteiger partial charge in [-0.15, -0.1) is 0 Å². The van der Waals surface area contributed by atoms with Crippen molar-refractivity contribution in [2.75, 3.05) is 19.7 Å². The lowest BCUT2D eigenvalue weighted by Gasteiger charge is -2.24. The molecule has 3 atom stereocenters. The molecule has 1 aliphatic heterocycles. The fourth-order valence-electron chi connectivity index (χ4n) is 2.89. The van der Waals surface area contributed by atoms with Gasteiger partial charge < -0.3 is 14.4 Å². The van der Waals surface area contributed by atoms with Crippen molar-refractivity contribution in [1.29, 1.82) is 0 Å². The Morgan fingerprint density at radius 2 is 2.00 bits per heavy atom. The molecule has 1 amide bonds. The summed E-state index contributed by atoms with van der Waals surface area (Å²) in [5.74, 6) is 0.783. The van der Waals surface area contributed by atoms with Crippen molar-refractivity contribution < 1.29 is 19.1 Å². The number of carbonyl (C=O) groups excluding carboxylic acids is 2. The standard InChI is InChI=1S/C15H25NO4/c1-5-19-13(17)12-8-11(12)10-6-7-16(9-10)14(18)20-15(2,3)4/h10-12H,5-9H2,1-4H3. The molecule has 5 heteroatoms. The molecule has 0 bridgehead atoms. The zero-order valence-electron chi connectivity index (χ0n) is 12.8. The van der Waals surface area contributed by atoms with Crippen LogP contribution in [0.5, 0.6) is 0 Å². The van der Waals surface area contributed by atoms with E-state index in [2.05, 4.69) is 0 Å². The highest BCUT2D eigenvalue weighted by Crippen LogP contribution is 2.48. The van der Waals surface area contributed by atoms with Gasteiger partial charge in [0.15, 0.2) is 0 Å². The fourth-order valence-corrected chi connectivity index (χ4v) is 2.89. The molecule has 1 heterocycles. The molecule has 0 aromatic carbocycles. The van der Waals surface area contributed by atoms with Crippen LogP contribution in [0.15, 0.2) is 0 Å². The van der Waals surface area contributed by atoms with E-state index >= 15 is 0 Å². The fraction of sp³-hybridized carbons (Fsp3) is 0.867. The lowest BCUT2D eigenvalue weighted by molar-refractivity contribution is -0.145. The van der Waals surface area contributed by atoms with Crippen LogP contribution in [0.3, 0.4) is 0 Å². The highest BCUT2D eigenvalue weighted by atomic mass is 16.6. The Bertz CT molecular complexity index is 388. The maximum atomic E-state index is 12.0. The van der Waals surface area contributed by atoms with Gasteiger partial charge >= 0.3 is 12.1 Å². The van der Waals surface area contributed by atoms with Crippen LogP contribution in [0.4, 0.5) is 4.79 Å². The molecule has 114 valence electrons. The van der Waals surface area contributed by atoms with E-state index in [0.717, 1.165) is 19.4 Å². The van der Waals surface area contributed by atoms with Crippen LogP contribution in [0.1, 0.15) is 40.5 Å². The van der Waals surface area contributed by atoms with Crippen LogP contribution < -0.4 is 0 Å². The van der Waals surface area contributed by atoms with Crippen LogP contribution in [0, 0.1) is 17.8 Å². The van der Waals surface area contributed by atoms with Gasteiger partial charge in [-0.2, -0.15) is 0 Å². The lowest BCUT2D eigenvalue weighted by Crippen LogP contribution is -2.35. The predicted molar refractivity (Wildman–Crippen MR) is 74.1 cm³/mol. The van der Waals surface area contributed by atoms with Gasteiger partial charge in [-0.1, -0.05) is 0 Å². The Hall–Kier alpha value is -1.26. The van der Waals surface area contributed by atoms with Crippen molar-refractivity contribution in [3.63, 3.8) is 0 Å². The second-order valence-electron chi connectivity index (χ2n) is 6.73. The van der Waals surface area contributed by atoms with Crippen molar-refractivity contribution in [1.82, 2.24) is 4.90 Å². The second-order valence-corrected chi connectivity index (χ2v) is 6.73. The number of ether oxygens (including phenoxy) is 2. The average Bonchev–Trinajstić information content (AvgIpc) is 2.97. The predicted octanol–water partition coefficient (Wildman–Crippen LogP) is 2.44. The summed E-state index contributed by atoms with van der Waals surface area (Å²) in [4.78, 5) is 25.4. The zero-order chi connectivity index (χ0) is 14.9. The van der Waals surface area contributed by atoms with Crippen molar-refractivity contribution in [3.05, 3.63) is 0 Å². The summed E-state index contributed by atoms with van der Waals surface area (Å²) in [5.41, 5.74) is -0.456. The Morgan fingerprint density at radius 1 is 1.30 bits per heavy atom. The number of likely N-dealkylation sites (tertiary alicyclic amines) is 1. The molecule has 0 spiro atoms. The summed E-state index contributed by atoms with van der Waals surface area (Å²) < 4.78 is 10.4. The van der Waals surface area contributed by atoms with E-state index in [1.807, 2.05) is 27.7 Å². The molecule has 2 aliphatic rings. The second kappa shape index (κ2) is 5.62. The van der Waals surface area contributed by atoms with E-state index < -0.39 is 5.60 Å². The van der Waals surface area contributed by atoms with E-state index in [1.165, 1.54) is 0 Å². The van der Waals surface area contributed by atoms with Crippen LogP contribution in [0.2, 0.25) is 0 Å². The van der Waals surface area contributed by atoms with E-state index in [-0.39, 0.29) is 18.0 Å². The van der Waals surface area contributed by atoms with Crippen molar-refractivity contribution >= 4 is 12.1 Å². The van der Waals surface area contributed by atoms with E-state index in [0.29, 0.717) is 25.0 Å². The average molecular weight is 283 g/mol. The van der Waals surface area contributed by atoms with Gasteiger partial charge in [-0.05, 0) is 52.4 Å². The van der Waals surface area contributed by atoms with Crippen LogP contribution >= 0.6 is 0 Å². The quantitative estimate of drug-likeness (QED) is 0.747. The smallest absolute Gasteiger partial charge is 0.410 e. The van der Waals surface area contributed by atoms with E-state index in [1.54, 1.807) is 4.90 Å². The largest absolute Gasteiger partial charge is 0.466 e.